The first kappa shape index (κ1) is 13.9. The maximum Gasteiger partial charge on any atom is 0.265 e. The fraction of sp³-hybridized carbons (Fsp3) is 0.200. The third kappa shape index (κ3) is 1.96. The van der Waals surface area contributed by atoms with Crippen molar-refractivity contribution in [2.75, 3.05) is 4.90 Å². The van der Waals surface area contributed by atoms with Gasteiger partial charge in [-0.25, -0.2) is 4.90 Å². The van der Waals surface area contributed by atoms with Gasteiger partial charge in [-0.3, -0.25) is 9.59 Å². The van der Waals surface area contributed by atoms with Gasteiger partial charge in [0.15, 0.2) is 0 Å². The number of para-hydroxylation sites is 1. The molecule has 0 saturated heterocycles. The minimum absolute atomic E-state index is 0.122. The van der Waals surface area contributed by atoms with Crippen molar-refractivity contribution in [1.82, 2.24) is 0 Å². The highest BCUT2D eigenvalue weighted by Crippen LogP contribution is 2.47. The summed E-state index contributed by atoms with van der Waals surface area (Å²) in [5.41, 5.74) is 1.54. The summed E-state index contributed by atoms with van der Waals surface area (Å²) in [4.78, 5) is 27.5. The van der Waals surface area contributed by atoms with E-state index in [1.807, 2.05) is 48.5 Å². The predicted molar refractivity (Wildman–Crippen MR) is 89.4 cm³/mol. The average molecular weight is 303 g/mol. The highest BCUT2D eigenvalue weighted by molar-refractivity contribution is 6.27. The van der Waals surface area contributed by atoms with Crippen molar-refractivity contribution >= 4 is 17.5 Å². The molecule has 23 heavy (non-hydrogen) atoms. The van der Waals surface area contributed by atoms with Crippen LogP contribution in [-0.2, 0) is 10.2 Å². The summed E-state index contributed by atoms with van der Waals surface area (Å²) >= 11 is 0. The zero-order chi connectivity index (χ0) is 15.9. The zero-order valence-corrected chi connectivity index (χ0v) is 12.7. The summed E-state index contributed by atoms with van der Waals surface area (Å²) in [7, 11) is 0. The van der Waals surface area contributed by atoms with Crippen LogP contribution in [0.4, 0.5) is 5.69 Å². The molecule has 0 N–H and O–H groups in total. The number of rotatable bonds is 1. The van der Waals surface area contributed by atoms with Crippen LogP contribution in [0.3, 0.4) is 0 Å². The molecule has 114 valence electrons. The van der Waals surface area contributed by atoms with E-state index in [1.165, 1.54) is 4.90 Å². The molecule has 0 aromatic heterocycles. The van der Waals surface area contributed by atoms with E-state index in [4.69, 9.17) is 0 Å². The first-order valence-corrected chi connectivity index (χ1v) is 7.95. The van der Waals surface area contributed by atoms with E-state index in [0.29, 0.717) is 5.56 Å². The lowest BCUT2D eigenvalue weighted by Gasteiger charge is -2.27. The Bertz CT molecular complexity index is 809. The lowest BCUT2D eigenvalue weighted by molar-refractivity contribution is -0.121. The van der Waals surface area contributed by atoms with Gasteiger partial charge >= 0.3 is 0 Å². The maximum absolute atomic E-state index is 13.2. The Morgan fingerprint density at radius 2 is 1.74 bits per heavy atom. The first-order chi connectivity index (χ1) is 11.2. The molecule has 1 unspecified atom stereocenters. The van der Waals surface area contributed by atoms with Gasteiger partial charge in [-0.2, -0.15) is 0 Å². The molecule has 2 amide bonds. The van der Waals surface area contributed by atoms with Crippen molar-refractivity contribution in [3.05, 3.63) is 77.9 Å². The van der Waals surface area contributed by atoms with Gasteiger partial charge in [0.25, 0.3) is 5.91 Å². The largest absolute Gasteiger partial charge is 0.273 e. The second kappa shape index (κ2) is 5.20. The third-order valence-electron chi connectivity index (χ3n) is 4.78. The van der Waals surface area contributed by atoms with Crippen LogP contribution >= 0.6 is 0 Å². The van der Waals surface area contributed by atoms with E-state index in [9.17, 15) is 9.59 Å². The molecular weight excluding hydrogens is 286 g/mol. The number of benzene rings is 2. The lowest BCUT2D eigenvalue weighted by Crippen LogP contribution is -2.43. The van der Waals surface area contributed by atoms with Crippen molar-refractivity contribution in [3.63, 3.8) is 0 Å². The summed E-state index contributed by atoms with van der Waals surface area (Å²) < 4.78 is 0. The average Bonchev–Trinajstić information content (AvgIpc) is 2.85. The monoisotopic (exact) mass is 303 g/mol. The number of carbonyl (C=O) groups is 2. The van der Waals surface area contributed by atoms with Crippen LogP contribution in [0.2, 0.25) is 0 Å². The number of hydrogen-bond donors (Lipinski definition) is 0. The number of carbonyl (C=O) groups excluding carboxylic acids is 2. The van der Waals surface area contributed by atoms with Crippen LogP contribution in [-0.4, -0.2) is 11.8 Å². The SMILES string of the molecule is O=C(c1ccccc1)N1C(=O)C2(C=CCCC2)c2ccccc21. The molecule has 1 atom stereocenters. The van der Waals surface area contributed by atoms with Crippen LogP contribution in [0.1, 0.15) is 35.2 Å². The van der Waals surface area contributed by atoms with E-state index in [-0.39, 0.29) is 11.8 Å². The second-order valence-corrected chi connectivity index (χ2v) is 6.09. The number of hydrogen-bond acceptors (Lipinski definition) is 2. The molecule has 4 rings (SSSR count). The number of imide groups is 1. The zero-order valence-electron chi connectivity index (χ0n) is 12.7. The summed E-state index contributed by atoms with van der Waals surface area (Å²) in [6, 6.07) is 16.6. The van der Waals surface area contributed by atoms with Crippen LogP contribution in [0.15, 0.2) is 66.7 Å². The second-order valence-electron chi connectivity index (χ2n) is 6.09. The summed E-state index contributed by atoms with van der Waals surface area (Å²) in [6.07, 6.45) is 6.77. The molecule has 0 fully saturated rings. The Kier molecular flexibility index (Phi) is 3.15. The maximum atomic E-state index is 13.2. The van der Waals surface area contributed by atoms with Crippen LogP contribution in [0.25, 0.3) is 0 Å². The molecule has 0 saturated carbocycles. The van der Waals surface area contributed by atoms with E-state index in [2.05, 4.69) is 6.08 Å². The highest BCUT2D eigenvalue weighted by Gasteiger charge is 2.51. The Morgan fingerprint density at radius 1 is 1.00 bits per heavy atom. The van der Waals surface area contributed by atoms with E-state index >= 15 is 0 Å². The molecule has 1 aliphatic heterocycles. The summed E-state index contributed by atoms with van der Waals surface area (Å²) in [5, 5.41) is 0. The third-order valence-corrected chi connectivity index (χ3v) is 4.78. The van der Waals surface area contributed by atoms with Gasteiger partial charge in [-0.1, -0.05) is 48.6 Å². The van der Waals surface area contributed by atoms with Crippen molar-refractivity contribution in [3.8, 4) is 0 Å². The minimum atomic E-state index is -0.667. The molecule has 2 aromatic carbocycles. The van der Waals surface area contributed by atoms with Crippen molar-refractivity contribution in [1.29, 1.82) is 0 Å². The van der Waals surface area contributed by atoms with E-state index in [1.54, 1.807) is 12.1 Å². The summed E-state index contributed by atoms with van der Waals surface area (Å²) in [6.45, 7) is 0. The van der Waals surface area contributed by atoms with Crippen molar-refractivity contribution < 1.29 is 9.59 Å². The molecule has 3 heteroatoms. The molecule has 1 aliphatic carbocycles. The van der Waals surface area contributed by atoms with Gasteiger partial charge < -0.3 is 0 Å². The first-order valence-electron chi connectivity index (χ1n) is 7.95. The van der Waals surface area contributed by atoms with Gasteiger partial charge in [0.2, 0.25) is 5.91 Å². The van der Waals surface area contributed by atoms with E-state index in [0.717, 1.165) is 30.5 Å². The standard InChI is InChI=1S/C20H17NO2/c22-18(15-9-3-1-4-10-15)21-17-12-6-5-11-16(17)20(19(21)23)13-7-2-8-14-20/h1,3-7,9-13H,2,8,14H2. The smallest absolute Gasteiger partial charge is 0.265 e. The lowest BCUT2D eigenvalue weighted by atomic mass is 9.74. The van der Waals surface area contributed by atoms with Crippen LogP contribution in [0, 0.1) is 0 Å². The Hall–Kier alpha value is -2.68. The fourth-order valence-electron chi connectivity index (χ4n) is 3.65. The number of nitrogens with zero attached hydrogens (tertiary/aromatic N) is 1. The fourth-order valence-corrected chi connectivity index (χ4v) is 3.65. The number of anilines is 1. The Morgan fingerprint density at radius 3 is 2.48 bits per heavy atom. The van der Waals surface area contributed by atoms with Crippen molar-refractivity contribution in [2.45, 2.75) is 24.7 Å². The molecule has 1 spiro atoms. The predicted octanol–water partition coefficient (Wildman–Crippen LogP) is 3.85. The Labute approximate surface area is 135 Å². The molecule has 2 aromatic rings. The normalized spacial score (nSPS) is 22.4. The number of fused-ring (bicyclic) bond motifs is 2. The summed E-state index contributed by atoms with van der Waals surface area (Å²) in [5.74, 6) is -0.373. The Balaban J connectivity index is 1.86. The molecular formula is C20H17NO2. The molecule has 0 radical (unpaired) electrons. The molecule has 2 aliphatic rings. The van der Waals surface area contributed by atoms with Gasteiger partial charge in [0.1, 0.15) is 0 Å². The molecule has 3 nitrogen and oxygen atoms in total. The van der Waals surface area contributed by atoms with Crippen LogP contribution < -0.4 is 4.90 Å². The van der Waals surface area contributed by atoms with Gasteiger partial charge in [-0.15, -0.1) is 0 Å². The number of allylic oxidation sites excluding steroid dienone is 1. The van der Waals surface area contributed by atoms with Gasteiger partial charge in [-0.05, 0) is 43.0 Å². The van der Waals surface area contributed by atoms with Gasteiger partial charge in [0.05, 0.1) is 11.1 Å². The quantitative estimate of drug-likeness (QED) is 0.593. The molecule has 0 bridgehead atoms. The molecule has 1 heterocycles. The van der Waals surface area contributed by atoms with Gasteiger partial charge in [0, 0.05) is 5.56 Å². The number of amides is 2. The van der Waals surface area contributed by atoms with Crippen LogP contribution in [0.5, 0.6) is 0 Å². The minimum Gasteiger partial charge on any atom is -0.273 e. The van der Waals surface area contributed by atoms with Crippen molar-refractivity contribution in [2.24, 2.45) is 0 Å². The van der Waals surface area contributed by atoms with E-state index < -0.39 is 5.41 Å². The topological polar surface area (TPSA) is 37.4 Å². The highest BCUT2D eigenvalue weighted by atomic mass is 16.2.